The first-order chi connectivity index (χ1) is 4.00. The Bertz CT molecular complexity index is 136. The van der Waals surface area contributed by atoms with Gasteiger partial charge in [0, 0.05) is 0 Å². The normalized spacial score (nSPS) is 19.5. The molecule has 0 aromatic carbocycles. The molecule has 0 N–H and O–H groups in total. The summed E-state index contributed by atoms with van der Waals surface area (Å²) in [7, 11) is -9.83. The molecule has 0 radical (unpaired) electrons. The summed E-state index contributed by atoms with van der Waals surface area (Å²) in [4.78, 5) is 17.5. The van der Waals surface area contributed by atoms with E-state index in [1.54, 1.807) is 0 Å². The summed E-state index contributed by atoms with van der Waals surface area (Å²) in [5.41, 5.74) is 0. The van der Waals surface area contributed by atoms with Crippen molar-refractivity contribution in [3.63, 3.8) is 0 Å². The third-order valence-corrected chi connectivity index (χ3v) is 0. The SMILES string of the molecule is O=P([O-])(F)Cl.O=P([O-])(F)Cl.[Mg+2]. The molecule has 2 atom stereocenters. The largest absolute Gasteiger partial charge is 2.00 e. The van der Waals surface area contributed by atoms with Crippen molar-refractivity contribution in [3.8, 4) is 0 Å². The molecule has 0 heterocycles. The van der Waals surface area contributed by atoms with Crippen LogP contribution in [0.2, 0.25) is 0 Å². The Morgan fingerprint density at radius 3 is 1.00 bits per heavy atom. The van der Waals surface area contributed by atoms with Gasteiger partial charge in [-0.05, 0) is 22.5 Å². The van der Waals surface area contributed by atoms with Crippen molar-refractivity contribution in [2.45, 2.75) is 0 Å². The first-order valence-corrected chi connectivity index (χ1v) is 6.25. The molecule has 0 aliphatic rings. The Labute approximate surface area is 86.8 Å². The van der Waals surface area contributed by atoms with Crippen molar-refractivity contribution in [2.75, 3.05) is 0 Å². The molecule has 0 spiro atoms. The van der Waals surface area contributed by atoms with E-state index in [4.69, 9.17) is 18.9 Å². The van der Waals surface area contributed by atoms with Crippen molar-refractivity contribution in [1.82, 2.24) is 0 Å². The standard InChI is InChI=1S/2ClFHO2P.Mg/c2*1-5(2,3)4;/h2*(H,3,4);/q;;+2/p-2. The average molecular weight is 259 g/mol. The maximum Gasteiger partial charge on any atom is 2.00 e. The summed E-state index contributed by atoms with van der Waals surface area (Å²) in [5.74, 6) is 0. The molecule has 64 valence electrons. The molecule has 0 aromatic rings. The van der Waals surface area contributed by atoms with Gasteiger partial charge in [0.1, 0.15) is 0 Å². The van der Waals surface area contributed by atoms with Gasteiger partial charge in [0.05, 0.1) is 0 Å². The van der Waals surface area contributed by atoms with Gasteiger partial charge < -0.3 is 9.79 Å². The van der Waals surface area contributed by atoms with E-state index in [0.29, 0.717) is 0 Å². The second-order valence-electron chi connectivity index (χ2n) is 0.829. The fraction of sp³-hybridized carbons (Fsp3) is 0. The van der Waals surface area contributed by atoms with Crippen molar-refractivity contribution in [1.29, 1.82) is 0 Å². The Balaban J connectivity index is -0.000000107. The van der Waals surface area contributed by atoms with Crippen LogP contribution in [0.25, 0.3) is 0 Å². The van der Waals surface area contributed by atoms with Crippen LogP contribution in [0.4, 0.5) is 8.39 Å². The van der Waals surface area contributed by atoms with Gasteiger partial charge >= 0.3 is 23.1 Å². The van der Waals surface area contributed by atoms with Gasteiger partial charge in [0.25, 0.3) is 14.1 Å². The zero-order chi connectivity index (χ0) is 9.00. The molecule has 0 aromatic heterocycles. The van der Waals surface area contributed by atoms with E-state index in [1.807, 2.05) is 0 Å². The van der Waals surface area contributed by atoms with Gasteiger partial charge in [-0.1, -0.05) is 0 Å². The predicted molar refractivity (Wildman–Crippen MR) is 34.9 cm³/mol. The van der Waals surface area contributed by atoms with Crippen LogP contribution in [0.5, 0.6) is 0 Å². The summed E-state index contributed by atoms with van der Waals surface area (Å²) in [6.45, 7) is 0. The molecule has 11 heteroatoms. The van der Waals surface area contributed by atoms with Gasteiger partial charge in [-0.25, -0.2) is 0 Å². The van der Waals surface area contributed by atoms with Crippen molar-refractivity contribution in [2.24, 2.45) is 0 Å². The van der Waals surface area contributed by atoms with E-state index in [9.17, 15) is 8.39 Å². The summed E-state index contributed by atoms with van der Waals surface area (Å²) >= 11 is 7.73. The number of hydrogen-bond donors (Lipinski definition) is 0. The topological polar surface area (TPSA) is 80.3 Å². The molecular weight excluding hydrogens is 259 g/mol. The second kappa shape index (κ2) is 7.03. The van der Waals surface area contributed by atoms with Gasteiger partial charge in [0.15, 0.2) is 0 Å². The molecule has 0 saturated carbocycles. The van der Waals surface area contributed by atoms with E-state index < -0.39 is 14.1 Å². The molecule has 0 rings (SSSR count). The molecule has 0 saturated heterocycles. The minimum absolute atomic E-state index is 0. The van der Waals surface area contributed by atoms with Crippen LogP contribution in [-0.4, -0.2) is 23.1 Å². The Kier molecular flexibility index (Phi) is 11.8. The summed E-state index contributed by atoms with van der Waals surface area (Å²) in [6.07, 6.45) is 0. The number of rotatable bonds is 0. The Hall–Kier alpha value is 1.59. The molecule has 2 unspecified atom stereocenters. The number of halogens is 4. The maximum atomic E-state index is 10.5. The molecule has 0 fully saturated rings. The average Bonchev–Trinajstić information content (AvgIpc) is 1.12. The molecule has 0 amide bonds. The van der Waals surface area contributed by atoms with Gasteiger partial charge in [-0.2, -0.15) is 8.39 Å². The third-order valence-electron chi connectivity index (χ3n) is 0. The van der Waals surface area contributed by atoms with Gasteiger partial charge in [-0.3, -0.25) is 9.13 Å². The van der Waals surface area contributed by atoms with E-state index in [-0.39, 0.29) is 23.1 Å². The zero-order valence-corrected chi connectivity index (χ0v) is 9.46. The van der Waals surface area contributed by atoms with Crippen LogP contribution in [0, 0.1) is 0 Å². The minimum Gasteiger partial charge on any atom is -0.763 e. The third kappa shape index (κ3) is 423. The van der Waals surface area contributed by atoms with Crippen molar-refractivity contribution in [3.05, 3.63) is 0 Å². The first-order valence-electron chi connectivity index (χ1n) is 1.41. The Morgan fingerprint density at radius 2 is 1.00 bits per heavy atom. The van der Waals surface area contributed by atoms with Crippen molar-refractivity contribution < 1.29 is 27.3 Å². The molecule has 11 heavy (non-hydrogen) atoms. The van der Waals surface area contributed by atoms with Crippen LogP contribution in [0.1, 0.15) is 0 Å². The molecule has 0 bridgehead atoms. The van der Waals surface area contributed by atoms with Crippen LogP contribution in [0.3, 0.4) is 0 Å². The summed E-state index contributed by atoms with van der Waals surface area (Å²) < 4.78 is 38.4. The zero-order valence-electron chi connectivity index (χ0n) is 4.75. The summed E-state index contributed by atoms with van der Waals surface area (Å²) in [6, 6.07) is 0. The monoisotopic (exact) mass is 258 g/mol. The van der Waals surface area contributed by atoms with E-state index in [0.717, 1.165) is 0 Å². The summed E-state index contributed by atoms with van der Waals surface area (Å²) in [5, 5.41) is 0. The van der Waals surface area contributed by atoms with E-state index in [2.05, 4.69) is 22.5 Å². The molecule has 0 aliphatic carbocycles. The predicted octanol–water partition coefficient (Wildman–Crippen LogP) is 0.945. The Morgan fingerprint density at radius 1 is 1.00 bits per heavy atom. The number of hydrogen-bond acceptors (Lipinski definition) is 4. The fourth-order valence-corrected chi connectivity index (χ4v) is 0. The van der Waals surface area contributed by atoms with Crippen molar-refractivity contribution >= 4 is 59.6 Å². The van der Waals surface area contributed by atoms with E-state index in [1.165, 1.54) is 0 Å². The van der Waals surface area contributed by atoms with Gasteiger partial charge in [-0.15, -0.1) is 0 Å². The van der Waals surface area contributed by atoms with Gasteiger partial charge in [0.2, 0.25) is 0 Å². The van der Waals surface area contributed by atoms with E-state index >= 15 is 0 Å². The smallest absolute Gasteiger partial charge is 0.763 e. The molecular formula is Cl2F2MgO4P2. The fourth-order valence-electron chi connectivity index (χ4n) is 0. The van der Waals surface area contributed by atoms with Crippen LogP contribution in [0.15, 0.2) is 0 Å². The quantitative estimate of drug-likeness (QED) is 0.479. The van der Waals surface area contributed by atoms with Crippen LogP contribution < -0.4 is 9.79 Å². The van der Waals surface area contributed by atoms with Crippen LogP contribution in [-0.2, 0) is 9.13 Å². The maximum absolute atomic E-state index is 10.5. The minimum atomic E-state index is -4.92. The molecule has 4 nitrogen and oxygen atoms in total. The molecule has 0 aliphatic heterocycles. The van der Waals surface area contributed by atoms with Crippen LogP contribution >= 0.6 is 36.5 Å². The first kappa shape index (κ1) is 18.4. The second-order valence-corrected chi connectivity index (χ2v) is 4.91.